The van der Waals surface area contributed by atoms with Gasteiger partial charge in [-0.2, -0.15) is 0 Å². The van der Waals surface area contributed by atoms with Crippen LogP contribution >= 0.6 is 0 Å². The van der Waals surface area contributed by atoms with Crippen LogP contribution in [0.15, 0.2) is 0 Å². The molecule has 0 fully saturated rings. The van der Waals surface area contributed by atoms with Gasteiger partial charge in [0.1, 0.15) is 0 Å². The van der Waals surface area contributed by atoms with Crippen molar-refractivity contribution in [2.75, 3.05) is 19.6 Å². The Morgan fingerprint density at radius 3 is 1.08 bits per heavy atom. The van der Waals surface area contributed by atoms with Gasteiger partial charge in [-0.3, -0.25) is 0 Å². The van der Waals surface area contributed by atoms with Crippen LogP contribution in [0.1, 0.15) is 40.0 Å². The summed E-state index contributed by atoms with van der Waals surface area (Å²) in [6.07, 6.45) is 3.99. The van der Waals surface area contributed by atoms with E-state index in [4.69, 9.17) is 0 Å². The predicted molar refractivity (Wildman–Crippen MR) is 50.3 cm³/mol. The van der Waals surface area contributed by atoms with E-state index in [0.717, 1.165) is 0 Å². The summed E-state index contributed by atoms with van der Waals surface area (Å²) in [6.45, 7) is 10.9. The molecule has 13 heavy (non-hydrogen) atoms. The van der Waals surface area contributed by atoms with Gasteiger partial charge < -0.3 is 15.9 Å². The molecule has 0 aromatic rings. The van der Waals surface area contributed by atoms with Crippen molar-refractivity contribution in [1.82, 2.24) is 0 Å². The fourth-order valence-electron chi connectivity index (χ4n) is 1.44. The molecule has 3 nitrogen and oxygen atoms in total. The molecule has 0 aliphatic heterocycles. The number of hydrogen-bond acceptors (Lipinski definition) is 2. The van der Waals surface area contributed by atoms with Crippen LogP contribution in [0.25, 0.3) is 0 Å². The second-order valence-electron chi connectivity index (χ2n) is 3.00. The Morgan fingerprint density at radius 1 is 0.692 bits per heavy atom. The van der Waals surface area contributed by atoms with Crippen LogP contribution in [0.4, 0.5) is 0 Å². The molecule has 0 atom stereocenters. The van der Waals surface area contributed by atoms with E-state index in [-0.39, 0.29) is 62.3 Å². The average molecular weight is 217 g/mol. The molecular formula is C9H24KNO2. The minimum Gasteiger partial charge on any atom is -0.870 e. The third-order valence-electron chi connectivity index (χ3n) is 1.81. The molecule has 0 unspecified atom stereocenters. The van der Waals surface area contributed by atoms with Gasteiger partial charge in [0.2, 0.25) is 0 Å². The molecule has 4 heteroatoms. The smallest absolute Gasteiger partial charge is 0.870 e. The Bertz CT molecular complexity index is 60.4. The van der Waals surface area contributed by atoms with E-state index in [1.54, 1.807) is 4.90 Å². The van der Waals surface area contributed by atoms with Gasteiger partial charge in [-0.05, 0) is 19.3 Å². The molecule has 0 spiro atoms. The van der Waals surface area contributed by atoms with Crippen LogP contribution in [-0.4, -0.2) is 30.6 Å². The SMILES string of the molecule is CCC[NH+](CCC)CCC.[K+].[OH-].[OH-]. The maximum absolute atomic E-state index is 2.27. The summed E-state index contributed by atoms with van der Waals surface area (Å²) in [5.74, 6) is 0. The van der Waals surface area contributed by atoms with E-state index in [2.05, 4.69) is 20.8 Å². The molecule has 0 aromatic carbocycles. The largest absolute Gasteiger partial charge is 1.00 e. The van der Waals surface area contributed by atoms with Gasteiger partial charge in [-0.25, -0.2) is 0 Å². The number of nitrogens with one attached hydrogen (secondary N) is 1. The van der Waals surface area contributed by atoms with Crippen LogP contribution in [0.2, 0.25) is 0 Å². The standard InChI is InChI=1S/C9H21N.K.2H2O/c1-4-7-10(8-5-2)9-6-3;;;/h4-9H2,1-3H3;;2*1H2/q;+1;;/p-1. The molecule has 0 aromatic heterocycles. The zero-order chi connectivity index (χ0) is 7.82. The summed E-state index contributed by atoms with van der Waals surface area (Å²) in [7, 11) is 0. The maximum atomic E-state index is 2.27. The van der Waals surface area contributed by atoms with Crippen molar-refractivity contribution in [2.45, 2.75) is 40.0 Å². The average Bonchev–Trinajstić information content (AvgIpc) is 1.90. The van der Waals surface area contributed by atoms with Crippen molar-refractivity contribution in [3.05, 3.63) is 0 Å². The van der Waals surface area contributed by atoms with E-state index in [0.29, 0.717) is 0 Å². The van der Waals surface area contributed by atoms with E-state index in [1.165, 1.54) is 38.9 Å². The molecule has 0 radical (unpaired) electrons. The van der Waals surface area contributed by atoms with Gasteiger partial charge in [-0.15, -0.1) is 0 Å². The van der Waals surface area contributed by atoms with E-state index < -0.39 is 0 Å². The Kier molecular flexibility index (Phi) is 35.3. The van der Waals surface area contributed by atoms with Crippen molar-refractivity contribution in [2.24, 2.45) is 0 Å². The van der Waals surface area contributed by atoms with Crippen molar-refractivity contribution < 1.29 is 67.2 Å². The zero-order valence-corrected chi connectivity index (χ0v) is 12.8. The second kappa shape index (κ2) is 19.1. The van der Waals surface area contributed by atoms with Gasteiger partial charge in [0.25, 0.3) is 0 Å². The summed E-state index contributed by atoms with van der Waals surface area (Å²) in [6, 6.07) is 0. The third-order valence-corrected chi connectivity index (χ3v) is 1.81. The van der Waals surface area contributed by atoms with Crippen LogP contribution in [0, 0.1) is 0 Å². The number of quaternary nitrogens is 1. The van der Waals surface area contributed by atoms with Gasteiger partial charge in [0.15, 0.2) is 0 Å². The van der Waals surface area contributed by atoms with Crippen molar-refractivity contribution in [3.8, 4) is 0 Å². The summed E-state index contributed by atoms with van der Waals surface area (Å²) in [4.78, 5) is 1.78. The zero-order valence-electron chi connectivity index (χ0n) is 9.64. The quantitative estimate of drug-likeness (QED) is 0.511. The Balaban J connectivity index is -0.000000135. The first-order valence-electron chi connectivity index (χ1n) is 4.68. The molecule has 3 N–H and O–H groups in total. The molecule has 78 valence electrons. The van der Waals surface area contributed by atoms with Crippen LogP contribution in [-0.2, 0) is 0 Å². The fourth-order valence-corrected chi connectivity index (χ4v) is 1.44. The normalized spacial score (nSPS) is 8.31. The summed E-state index contributed by atoms with van der Waals surface area (Å²) in [5.41, 5.74) is 0. The minimum absolute atomic E-state index is 0. The Morgan fingerprint density at radius 2 is 0.923 bits per heavy atom. The Labute approximate surface area is 125 Å². The first-order valence-corrected chi connectivity index (χ1v) is 4.68. The molecule has 0 bridgehead atoms. The Hall–Kier alpha value is 1.52. The van der Waals surface area contributed by atoms with Crippen LogP contribution in [0.5, 0.6) is 0 Å². The summed E-state index contributed by atoms with van der Waals surface area (Å²) >= 11 is 0. The van der Waals surface area contributed by atoms with E-state index in [9.17, 15) is 0 Å². The van der Waals surface area contributed by atoms with Gasteiger partial charge in [-0.1, -0.05) is 20.8 Å². The minimum atomic E-state index is 0. The monoisotopic (exact) mass is 217 g/mol. The molecule has 0 saturated heterocycles. The maximum Gasteiger partial charge on any atom is 1.00 e. The van der Waals surface area contributed by atoms with E-state index >= 15 is 0 Å². The molecule has 0 rings (SSSR count). The topological polar surface area (TPSA) is 64.4 Å². The second-order valence-corrected chi connectivity index (χ2v) is 3.00. The molecular weight excluding hydrogens is 193 g/mol. The molecule has 0 saturated carbocycles. The van der Waals surface area contributed by atoms with Crippen molar-refractivity contribution in [3.63, 3.8) is 0 Å². The summed E-state index contributed by atoms with van der Waals surface area (Å²) < 4.78 is 0. The van der Waals surface area contributed by atoms with Crippen molar-refractivity contribution >= 4 is 0 Å². The summed E-state index contributed by atoms with van der Waals surface area (Å²) in [5, 5.41) is 0. The molecule has 0 aliphatic carbocycles. The first-order chi connectivity index (χ1) is 4.85. The molecule has 0 aliphatic rings. The van der Waals surface area contributed by atoms with Crippen LogP contribution in [0.3, 0.4) is 0 Å². The van der Waals surface area contributed by atoms with Crippen LogP contribution < -0.4 is 56.3 Å². The number of rotatable bonds is 6. The van der Waals surface area contributed by atoms with Crippen molar-refractivity contribution in [1.29, 1.82) is 0 Å². The predicted octanol–water partition coefficient (Wildman–Crippen LogP) is -2.25. The van der Waals surface area contributed by atoms with Gasteiger partial charge >= 0.3 is 51.4 Å². The van der Waals surface area contributed by atoms with Gasteiger partial charge in [0, 0.05) is 0 Å². The first kappa shape index (κ1) is 24.0. The molecule has 0 amide bonds. The third kappa shape index (κ3) is 16.2. The van der Waals surface area contributed by atoms with E-state index in [1.807, 2.05) is 0 Å². The van der Waals surface area contributed by atoms with Gasteiger partial charge in [0.05, 0.1) is 19.6 Å². The molecule has 0 heterocycles. The number of hydrogen-bond donors (Lipinski definition) is 1. The fraction of sp³-hybridized carbons (Fsp3) is 1.00.